The number of nitrogens with zero attached hydrogens (tertiary/aromatic N) is 5. The maximum absolute atomic E-state index is 14.6. The Labute approximate surface area is 187 Å². The van der Waals surface area contributed by atoms with E-state index in [-0.39, 0.29) is 5.82 Å². The molecule has 8 heteroatoms. The molecule has 3 heterocycles. The molecule has 1 aromatic carbocycles. The van der Waals surface area contributed by atoms with Gasteiger partial charge >= 0.3 is 0 Å². The van der Waals surface area contributed by atoms with Crippen molar-refractivity contribution >= 4 is 11.6 Å². The first-order valence-corrected chi connectivity index (χ1v) is 11.3. The smallest absolute Gasteiger partial charge is 0.227 e. The van der Waals surface area contributed by atoms with E-state index in [1.807, 2.05) is 23.9 Å². The van der Waals surface area contributed by atoms with E-state index < -0.39 is 0 Å². The van der Waals surface area contributed by atoms with E-state index in [0.29, 0.717) is 41.5 Å². The van der Waals surface area contributed by atoms with Crippen molar-refractivity contribution in [2.45, 2.75) is 38.6 Å². The summed E-state index contributed by atoms with van der Waals surface area (Å²) in [5.41, 5.74) is 3.11. The third-order valence-corrected chi connectivity index (χ3v) is 6.27. The number of hydrogen-bond donors (Lipinski definition) is 1. The van der Waals surface area contributed by atoms with E-state index in [4.69, 9.17) is 4.74 Å². The molecule has 32 heavy (non-hydrogen) atoms. The van der Waals surface area contributed by atoms with Crippen molar-refractivity contribution in [2.75, 3.05) is 32.1 Å². The van der Waals surface area contributed by atoms with Gasteiger partial charge in [-0.15, -0.1) is 0 Å². The Morgan fingerprint density at radius 3 is 2.72 bits per heavy atom. The van der Waals surface area contributed by atoms with Crippen molar-refractivity contribution in [1.82, 2.24) is 24.6 Å². The molecule has 2 aliphatic rings. The fraction of sp³-hybridized carbons (Fsp3) is 0.458. The molecule has 0 radical (unpaired) electrons. The van der Waals surface area contributed by atoms with E-state index in [2.05, 4.69) is 32.3 Å². The van der Waals surface area contributed by atoms with Crippen LogP contribution in [-0.2, 0) is 0 Å². The molecule has 0 unspecified atom stereocenters. The number of hydrogen-bond acceptors (Lipinski definition) is 6. The van der Waals surface area contributed by atoms with Crippen LogP contribution in [0.3, 0.4) is 0 Å². The molecule has 0 amide bonds. The molecule has 0 spiro atoms. The zero-order chi connectivity index (χ0) is 22.1. The SMILES string of the molecule is Cc1cnc(Nc2cnn(C3CCN(C)CC3)c2)nc1-c1ccc(OCC2CC2)c(F)c1. The van der Waals surface area contributed by atoms with Crippen molar-refractivity contribution in [3.05, 3.63) is 48.2 Å². The monoisotopic (exact) mass is 436 g/mol. The van der Waals surface area contributed by atoms with E-state index in [0.717, 1.165) is 37.2 Å². The Morgan fingerprint density at radius 1 is 1.16 bits per heavy atom. The molecular formula is C24H29FN6O. The van der Waals surface area contributed by atoms with Gasteiger partial charge < -0.3 is 15.0 Å². The highest BCUT2D eigenvalue weighted by atomic mass is 19.1. The van der Waals surface area contributed by atoms with Gasteiger partial charge in [-0.2, -0.15) is 5.10 Å². The number of halogens is 1. The lowest BCUT2D eigenvalue weighted by Crippen LogP contribution is -2.31. The van der Waals surface area contributed by atoms with Gasteiger partial charge in [-0.05, 0) is 82.4 Å². The summed E-state index contributed by atoms with van der Waals surface area (Å²) in [6, 6.07) is 5.44. The average Bonchev–Trinajstić information content (AvgIpc) is 3.51. The van der Waals surface area contributed by atoms with Crippen LogP contribution < -0.4 is 10.1 Å². The Balaban J connectivity index is 1.30. The van der Waals surface area contributed by atoms with Gasteiger partial charge in [0.2, 0.25) is 5.95 Å². The Kier molecular flexibility index (Phi) is 5.78. The van der Waals surface area contributed by atoms with Crippen molar-refractivity contribution in [3.8, 4) is 17.0 Å². The van der Waals surface area contributed by atoms with Crippen molar-refractivity contribution in [1.29, 1.82) is 0 Å². The van der Waals surface area contributed by atoms with Crippen molar-refractivity contribution in [3.63, 3.8) is 0 Å². The molecule has 5 rings (SSSR count). The standard InChI is InChI=1S/C24H29FN6O/c1-16-12-26-24(28-19-13-27-31(14-19)20-7-9-30(2)10-8-20)29-23(16)18-5-6-22(21(25)11-18)32-15-17-3-4-17/h5-6,11-14,17,20H,3-4,7-10,15H2,1-2H3,(H,26,28,29). The first kappa shape index (κ1) is 20.9. The number of anilines is 2. The largest absolute Gasteiger partial charge is 0.490 e. The van der Waals surface area contributed by atoms with Crippen LogP contribution >= 0.6 is 0 Å². The van der Waals surface area contributed by atoms with Gasteiger partial charge in [0.1, 0.15) is 0 Å². The summed E-state index contributed by atoms with van der Waals surface area (Å²) in [5, 5.41) is 7.77. The number of piperidine rings is 1. The number of benzene rings is 1. The zero-order valence-corrected chi connectivity index (χ0v) is 18.6. The Bertz CT molecular complexity index is 1090. The maximum Gasteiger partial charge on any atom is 0.227 e. The molecule has 1 aliphatic heterocycles. The van der Waals surface area contributed by atoms with Gasteiger partial charge in [-0.1, -0.05) is 0 Å². The van der Waals surface area contributed by atoms with Crippen LogP contribution in [0.1, 0.15) is 37.3 Å². The average molecular weight is 437 g/mol. The second kappa shape index (κ2) is 8.86. The van der Waals surface area contributed by atoms with E-state index in [1.54, 1.807) is 18.5 Å². The minimum atomic E-state index is -0.366. The van der Waals surface area contributed by atoms with Gasteiger partial charge in [-0.3, -0.25) is 4.68 Å². The second-order valence-electron chi connectivity index (χ2n) is 8.99. The fourth-order valence-corrected chi connectivity index (χ4v) is 4.04. The van der Waals surface area contributed by atoms with Crippen LogP contribution in [0.4, 0.5) is 16.0 Å². The number of aromatic nitrogens is 4. The molecular weight excluding hydrogens is 407 g/mol. The van der Waals surface area contributed by atoms with Crippen LogP contribution in [0, 0.1) is 18.7 Å². The molecule has 7 nitrogen and oxygen atoms in total. The Hall–Kier alpha value is -3.00. The lowest BCUT2D eigenvalue weighted by Gasteiger charge is -2.28. The summed E-state index contributed by atoms with van der Waals surface area (Å²) in [6.07, 6.45) is 10.1. The number of ether oxygens (including phenoxy) is 1. The molecule has 1 N–H and O–H groups in total. The molecule has 0 bridgehead atoms. The highest BCUT2D eigenvalue weighted by molar-refractivity contribution is 5.65. The lowest BCUT2D eigenvalue weighted by atomic mass is 10.1. The summed E-state index contributed by atoms with van der Waals surface area (Å²) in [6.45, 7) is 4.67. The van der Waals surface area contributed by atoms with Crippen LogP contribution in [0.25, 0.3) is 11.3 Å². The molecule has 168 valence electrons. The van der Waals surface area contributed by atoms with Crippen molar-refractivity contribution in [2.24, 2.45) is 5.92 Å². The predicted octanol–water partition coefficient (Wildman–Crippen LogP) is 4.59. The number of rotatable bonds is 7. The fourth-order valence-electron chi connectivity index (χ4n) is 4.04. The van der Waals surface area contributed by atoms with Crippen LogP contribution in [0.2, 0.25) is 0 Å². The molecule has 1 saturated heterocycles. The summed E-state index contributed by atoms with van der Waals surface area (Å²) >= 11 is 0. The number of aryl methyl sites for hydroxylation is 1. The summed E-state index contributed by atoms with van der Waals surface area (Å²) in [7, 11) is 2.15. The number of likely N-dealkylation sites (tertiary alicyclic amines) is 1. The predicted molar refractivity (Wildman–Crippen MR) is 122 cm³/mol. The van der Waals surface area contributed by atoms with Gasteiger partial charge in [0.15, 0.2) is 11.6 Å². The van der Waals surface area contributed by atoms with Gasteiger partial charge in [-0.25, -0.2) is 14.4 Å². The van der Waals surface area contributed by atoms with Crippen molar-refractivity contribution < 1.29 is 9.13 Å². The Morgan fingerprint density at radius 2 is 1.97 bits per heavy atom. The maximum atomic E-state index is 14.6. The van der Waals surface area contributed by atoms with Crippen LogP contribution in [0.5, 0.6) is 5.75 Å². The third-order valence-electron chi connectivity index (χ3n) is 6.27. The number of nitrogens with one attached hydrogen (secondary N) is 1. The highest BCUT2D eigenvalue weighted by Gasteiger charge is 2.23. The molecule has 0 atom stereocenters. The van der Waals surface area contributed by atoms with Crippen LogP contribution in [0.15, 0.2) is 36.8 Å². The quantitative estimate of drug-likeness (QED) is 0.584. The molecule has 3 aromatic rings. The minimum absolute atomic E-state index is 0.298. The topological polar surface area (TPSA) is 68.1 Å². The summed E-state index contributed by atoms with van der Waals surface area (Å²) < 4.78 is 22.2. The molecule has 1 saturated carbocycles. The first-order valence-electron chi connectivity index (χ1n) is 11.3. The molecule has 2 aromatic heterocycles. The molecule has 1 aliphatic carbocycles. The molecule has 2 fully saturated rings. The van der Waals surface area contributed by atoms with E-state index in [1.165, 1.54) is 18.9 Å². The van der Waals surface area contributed by atoms with Crippen LogP contribution in [-0.4, -0.2) is 51.4 Å². The van der Waals surface area contributed by atoms with E-state index >= 15 is 0 Å². The zero-order valence-electron chi connectivity index (χ0n) is 18.6. The minimum Gasteiger partial charge on any atom is -0.490 e. The summed E-state index contributed by atoms with van der Waals surface area (Å²) in [5.74, 6) is 0.973. The normalized spacial score (nSPS) is 17.5. The summed E-state index contributed by atoms with van der Waals surface area (Å²) in [4.78, 5) is 11.4. The third kappa shape index (κ3) is 4.75. The van der Waals surface area contributed by atoms with Gasteiger partial charge in [0, 0.05) is 18.0 Å². The van der Waals surface area contributed by atoms with E-state index in [9.17, 15) is 4.39 Å². The first-order chi connectivity index (χ1) is 15.5. The second-order valence-corrected chi connectivity index (χ2v) is 8.99. The van der Waals surface area contributed by atoms with Gasteiger partial charge in [0.25, 0.3) is 0 Å². The highest BCUT2D eigenvalue weighted by Crippen LogP contribution is 2.32. The van der Waals surface area contributed by atoms with Gasteiger partial charge in [0.05, 0.1) is 30.2 Å². The lowest BCUT2D eigenvalue weighted by molar-refractivity contribution is 0.212.